The Balaban J connectivity index is 1.77. The van der Waals surface area contributed by atoms with Crippen molar-refractivity contribution in [2.24, 2.45) is 0 Å². The monoisotopic (exact) mass is 434 g/mol. The van der Waals surface area contributed by atoms with Crippen molar-refractivity contribution in [1.29, 1.82) is 5.26 Å². The molecule has 1 aliphatic carbocycles. The summed E-state index contributed by atoms with van der Waals surface area (Å²) < 4.78 is 17.2. The van der Waals surface area contributed by atoms with Gasteiger partial charge >= 0.3 is 0 Å². The standard InChI is InChI=1S/C28H23FN4/c29-23-11-5-4-10-21(23)25-22(17-30)24-15-14-19-13-12-18-7-6-16-31-26(18)27(19)33(24)28(25)32-20-8-2-1-3-9-20/h4-7,10-16,20,32H,1-3,8-9H2. The summed E-state index contributed by atoms with van der Waals surface area (Å²) in [6.07, 6.45) is 7.51. The van der Waals surface area contributed by atoms with Crippen LogP contribution in [0.4, 0.5) is 10.2 Å². The third kappa shape index (κ3) is 3.14. The predicted octanol–water partition coefficient (Wildman–Crippen LogP) is 7.06. The molecule has 162 valence electrons. The Morgan fingerprint density at radius 1 is 0.939 bits per heavy atom. The van der Waals surface area contributed by atoms with Crippen LogP contribution >= 0.6 is 0 Å². The maximum Gasteiger partial charge on any atom is 0.131 e. The van der Waals surface area contributed by atoms with E-state index in [1.807, 2.05) is 30.3 Å². The highest BCUT2D eigenvalue weighted by Crippen LogP contribution is 2.41. The zero-order valence-electron chi connectivity index (χ0n) is 18.2. The molecule has 0 radical (unpaired) electrons. The summed E-state index contributed by atoms with van der Waals surface area (Å²) in [5, 5.41) is 16.0. The smallest absolute Gasteiger partial charge is 0.131 e. The van der Waals surface area contributed by atoms with Crippen LogP contribution in [0.3, 0.4) is 0 Å². The Kier molecular flexibility index (Phi) is 4.73. The SMILES string of the molecule is N#Cc1c(-c2ccccc2F)c(NC2CCCCC2)n2c1ccc1ccc3cccnc3c12. The second-order valence-electron chi connectivity index (χ2n) is 8.80. The average Bonchev–Trinajstić information content (AvgIpc) is 3.17. The van der Waals surface area contributed by atoms with Gasteiger partial charge in [-0.3, -0.25) is 9.38 Å². The van der Waals surface area contributed by atoms with Crippen LogP contribution in [0.25, 0.3) is 38.4 Å². The Labute approximate surface area is 191 Å². The first-order chi connectivity index (χ1) is 16.3. The minimum atomic E-state index is -0.330. The molecule has 5 heteroatoms. The normalized spacial score (nSPS) is 14.7. The summed E-state index contributed by atoms with van der Waals surface area (Å²) in [5.41, 5.74) is 4.11. The van der Waals surface area contributed by atoms with E-state index in [2.05, 4.69) is 27.9 Å². The Morgan fingerprint density at radius 2 is 1.73 bits per heavy atom. The van der Waals surface area contributed by atoms with Gasteiger partial charge in [-0.1, -0.05) is 61.7 Å². The van der Waals surface area contributed by atoms with Crippen molar-refractivity contribution in [3.63, 3.8) is 0 Å². The number of nitrogens with zero attached hydrogens (tertiary/aromatic N) is 3. The lowest BCUT2D eigenvalue weighted by atomic mass is 9.95. The van der Waals surface area contributed by atoms with Crippen LogP contribution in [0.15, 0.2) is 66.9 Å². The van der Waals surface area contributed by atoms with Crippen molar-refractivity contribution < 1.29 is 4.39 Å². The topological polar surface area (TPSA) is 53.1 Å². The Hall–Kier alpha value is -3.91. The number of pyridine rings is 2. The number of fused-ring (bicyclic) bond motifs is 5. The summed E-state index contributed by atoms with van der Waals surface area (Å²) in [6, 6.07) is 21.5. The number of hydrogen-bond donors (Lipinski definition) is 1. The largest absolute Gasteiger partial charge is 0.368 e. The summed E-state index contributed by atoms with van der Waals surface area (Å²) >= 11 is 0. The van der Waals surface area contributed by atoms with Crippen molar-refractivity contribution in [3.8, 4) is 17.2 Å². The van der Waals surface area contributed by atoms with E-state index in [0.717, 1.165) is 46.0 Å². The van der Waals surface area contributed by atoms with Crippen molar-refractivity contribution >= 4 is 33.1 Å². The van der Waals surface area contributed by atoms with Gasteiger partial charge in [-0.2, -0.15) is 5.26 Å². The Bertz CT molecular complexity index is 1550. The molecule has 4 nitrogen and oxygen atoms in total. The van der Waals surface area contributed by atoms with Crippen LogP contribution in [-0.2, 0) is 0 Å². The molecule has 0 atom stereocenters. The lowest BCUT2D eigenvalue weighted by Crippen LogP contribution is -2.23. The third-order valence-electron chi connectivity index (χ3n) is 6.83. The highest BCUT2D eigenvalue weighted by atomic mass is 19.1. The van der Waals surface area contributed by atoms with Crippen molar-refractivity contribution in [1.82, 2.24) is 9.38 Å². The lowest BCUT2D eigenvalue weighted by Gasteiger charge is -2.25. The summed E-state index contributed by atoms with van der Waals surface area (Å²) in [4.78, 5) is 4.70. The number of hydrogen-bond acceptors (Lipinski definition) is 3. The molecule has 1 N–H and O–H groups in total. The van der Waals surface area contributed by atoms with E-state index in [-0.39, 0.29) is 11.9 Å². The number of halogens is 1. The van der Waals surface area contributed by atoms with E-state index >= 15 is 4.39 Å². The summed E-state index contributed by atoms with van der Waals surface area (Å²) in [5.74, 6) is 0.450. The number of benzene rings is 2. The van der Waals surface area contributed by atoms with Crippen LogP contribution in [0.2, 0.25) is 0 Å². The van der Waals surface area contributed by atoms with Crippen molar-refractivity contribution in [3.05, 3.63) is 78.2 Å². The van der Waals surface area contributed by atoms with Crippen LogP contribution in [0.5, 0.6) is 0 Å². The summed E-state index contributed by atoms with van der Waals surface area (Å²) in [7, 11) is 0. The molecule has 33 heavy (non-hydrogen) atoms. The average molecular weight is 435 g/mol. The van der Waals surface area contributed by atoms with Gasteiger partial charge < -0.3 is 5.32 Å². The molecular formula is C28H23FN4. The molecule has 6 rings (SSSR count). The fourth-order valence-corrected chi connectivity index (χ4v) is 5.28. The lowest BCUT2D eigenvalue weighted by molar-refractivity contribution is 0.462. The number of nitrogens with one attached hydrogen (secondary N) is 1. The minimum absolute atomic E-state index is 0.284. The first-order valence-corrected chi connectivity index (χ1v) is 11.5. The van der Waals surface area contributed by atoms with E-state index in [9.17, 15) is 5.26 Å². The van der Waals surface area contributed by atoms with Crippen molar-refractivity contribution in [2.75, 3.05) is 5.32 Å². The van der Waals surface area contributed by atoms with E-state index in [1.54, 1.807) is 18.3 Å². The first kappa shape index (κ1) is 19.8. The number of anilines is 1. The maximum atomic E-state index is 15.1. The second kappa shape index (κ2) is 7.90. The number of aromatic nitrogens is 2. The molecule has 3 aromatic heterocycles. The highest BCUT2D eigenvalue weighted by Gasteiger charge is 2.26. The number of rotatable bonds is 3. The van der Waals surface area contributed by atoms with Crippen LogP contribution < -0.4 is 5.32 Å². The van der Waals surface area contributed by atoms with Crippen LogP contribution in [-0.4, -0.2) is 15.4 Å². The fourth-order valence-electron chi connectivity index (χ4n) is 5.28. The molecule has 0 aliphatic heterocycles. The molecule has 0 bridgehead atoms. The van der Waals surface area contributed by atoms with E-state index in [4.69, 9.17) is 4.98 Å². The molecule has 2 aromatic carbocycles. The van der Waals surface area contributed by atoms with Gasteiger partial charge in [0.05, 0.1) is 22.1 Å². The van der Waals surface area contributed by atoms with Gasteiger partial charge in [0, 0.05) is 34.1 Å². The molecule has 0 unspecified atom stereocenters. The predicted molar refractivity (Wildman–Crippen MR) is 131 cm³/mol. The molecule has 0 spiro atoms. The molecule has 1 saturated carbocycles. The van der Waals surface area contributed by atoms with Gasteiger partial charge in [-0.25, -0.2) is 4.39 Å². The van der Waals surface area contributed by atoms with E-state index in [1.165, 1.54) is 25.3 Å². The second-order valence-corrected chi connectivity index (χ2v) is 8.80. The Morgan fingerprint density at radius 3 is 2.55 bits per heavy atom. The molecular weight excluding hydrogens is 411 g/mol. The number of nitriles is 1. The van der Waals surface area contributed by atoms with Gasteiger partial charge in [0.25, 0.3) is 0 Å². The van der Waals surface area contributed by atoms with E-state index in [0.29, 0.717) is 16.7 Å². The summed E-state index contributed by atoms with van der Waals surface area (Å²) in [6.45, 7) is 0. The molecule has 1 fully saturated rings. The molecule has 1 aliphatic rings. The first-order valence-electron chi connectivity index (χ1n) is 11.5. The zero-order valence-corrected chi connectivity index (χ0v) is 18.2. The highest BCUT2D eigenvalue weighted by molar-refractivity contribution is 6.07. The quantitative estimate of drug-likeness (QED) is 0.309. The van der Waals surface area contributed by atoms with Crippen LogP contribution in [0, 0.1) is 17.1 Å². The van der Waals surface area contributed by atoms with E-state index < -0.39 is 0 Å². The maximum absolute atomic E-state index is 15.1. The zero-order chi connectivity index (χ0) is 22.4. The molecule has 3 heterocycles. The van der Waals surface area contributed by atoms with Gasteiger partial charge in [0.15, 0.2) is 0 Å². The van der Waals surface area contributed by atoms with Gasteiger partial charge in [0.2, 0.25) is 0 Å². The van der Waals surface area contributed by atoms with Crippen LogP contribution in [0.1, 0.15) is 37.7 Å². The third-order valence-corrected chi connectivity index (χ3v) is 6.83. The molecule has 0 amide bonds. The van der Waals surface area contributed by atoms with Crippen molar-refractivity contribution in [2.45, 2.75) is 38.1 Å². The van der Waals surface area contributed by atoms with Gasteiger partial charge in [-0.15, -0.1) is 0 Å². The molecule has 5 aromatic rings. The van der Waals surface area contributed by atoms with Gasteiger partial charge in [0.1, 0.15) is 17.7 Å². The fraction of sp³-hybridized carbons (Fsp3) is 0.214. The van der Waals surface area contributed by atoms with Gasteiger partial charge in [-0.05, 0) is 31.0 Å². The molecule has 0 saturated heterocycles. The minimum Gasteiger partial charge on any atom is -0.368 e.